The summed E-state index contributed by atoms with van der Waals surface area (Å²) >= 11 is 0. The Bertz CT molecular complexity index is 625. The summed E-state index contributed by atoms with van der Waals surface area (Å²) in [5.74, 6) is -0.270. The van der Waals surface area contributed by atoms with Gasteiger partial charge in [-0.05, 0) is 12.1 Å². The topological polar surface area (TPSA) is 123 Å². The number of nitrogen functional groups attached to an aromatic ring is 1. The number of hydrogen-bond donors (Lipinski definition) is 4. The molecule has 0 saturated carbocycles. The minimum absolute atomic E-state index is 0.217. The second kappa shape index (κ2) is 5.87. The highest BCUT2D eigenvalue weighted by molar-refractivity contribution is 6.10. The van der Waals surface area contributed by atoms with E-state index in [1.807, 2.05) is 0 Å². The SMILES string of the molecule is Cn1c(N)c(C(=O)NOCC(O)CO)c2cccnc21. The molecule has 0 aliphatic rings. The summed E-state index contributed by atoms with van der Waals surface area (Å²) in [6.07, 6.45) is 0.555. The Labute approximate surface area is 114 Å². The molecular formula is C12H16N4O4. The van der Waals surface area contributed by atoms with Crippen molar-refractivity contribution < 1.29 is 19.8 Å². The molecule has 0 aromatic carbocycles. The van der Waals surface area contributed by atoms with Gasteiger partial charge >= 0.3 is 0 Å². The fraction of sp³-hybridized carbons (Fsp3) is 0.333. The molecule has 108 valence electrons. The average molecular weight is 280 g/mol. The zero-order valence-corrected chi connectivity index (χ0v) is 10.9. The number of fused-ring (bicyclic) bond motifs is 1. The van der Waals surface area contributed by atoms with Crippen molar-refractivity contribution in [2.24, 2.45) is 7.05 Å². The lowest BCUT2D eigenvalue weighted by Crippen LogP contribution is -2.30. The molecule has 0 spiro atoms. The number of carbonyl (C=O) groups excluding carboxylic acids is 1. The van der Waals surface area contributed by atoms with E-state index in [9.17, 15) is 4.79 Å². The van der Waals surface area contributed by atoms with Crippen LogP contribution in [0.5, 0.6) is 0 Å². The third-order valence-corrected chi connectivity index (χ3v) is 2.87. The van der Waals surface area contributed by atoms with Crippen LogP contribution in [0.2, 0.25) is 0 Å². The predicted octanol–water partition coefficient (Wildman–Crippen LogP) is -0.830. The fourth-order valence-electron chi connectivity index (χ4n) is 1.82. The molecule has 2 rings (SSSR count). The second-order valence-corrected chi connectivity index (χ2v) is 4.27. The molecule has 2 aromatic rings. The van der Waals surface area contributed by atoms with E-state index < -0.39 is 18.6 Å². The number of carbonyl (C=O) groups is 1. The highest BCUT2D eigenvalue weighted by atomic mass is 16.7. The monoisotopic (exact) mass is 280 g/mol. The lowest BCUT2D eigenvalue weighted by Gasteiger charge is -2.09. The third-order valence-electron chi connectivity index (χ3n) is 2.87. The number of aromatic nitrogens is 2. The first-order chi connectivity index (χ1) is 9.56. The Hall–Kier alpha value is -2.16. The summed E-state index contributed by atoms with van der Waals surface area (Å²) in [5.41, 5.74) is 8.92. The van der Waals surface area contributed by atoms with Crippen LogP contribution < -0.4 is 11.2 Å². The van der Waals surface area contributed by atoms with Crippen molar-refractivity contribution in [1.82, 2.24) is 15.0 Å². The Morgan fingerprint density at radius 1 is 1.65 bits per heavy atom. The van der Waals surface area contributed by atoms with Gasteiger partial charge in [0, 0.05) is 18.6 Å². The number of amides is 1. The van der Waals surface area contributed by atoms with Gasteiger partial charge in [-0.15, -0.1) is 0 Å². The van der Waals surface area contributed by atoms with Crippen molar-refractivity contribution >= 4 is 22.8 Å². The standard InChI is InChI=1S/C12H16N4O4/c1-16-10(13)9(8-3-2-4-14-11(8)16)12(19)15-20-6-7(18)5-17/h2-4,7,17-18H,5-6,13H2,1H3,(H,15,19). The molecule has 1 atom stereocenters. The van der Waals surface area contributed by atoms with Gasteiger partial charge in [-0.3, -0.25) is 9.63 Å². The van der Waals surface area contributed by atoms with E-state index in [4.69, 9.17) is 20.8 Å². The van der Waals surface area contributed by atoms with E-state index >= 15 is 0 Å². The molecule has 0 radical (unpaired) electrons. The molecule has 0 aliphatic carbocycles. The van der Waals surface area contributed by atoms with Crippen LogP contribution in [0.3, 0.4) is 0 Å². The maximum atomic E-state index is 12.1. The number of aryl methyl sites for hydroxylation is 1. The number of nitrogens with one attached hydrogen (secondary N) is 1. The molecule has 0 aliphatic heterocycles. The van der Waals surface area contributed by atoms with Crippen LogP contribution in [-0.4, -0.2) is 45.0 Å². The number of rotatable bonds is 5. The van der Waals surface area contributed by atoms with Crippen molar-refractivity contribution in [1.29, 1.82) is 0 Å². The van der Waals surface area contributed by atoms with E-state index in [2.05, 4.69) is 10.5 Å². The summed E-state index contributed by atoms with van der Waals surface area (Å²) in [6, 6.07) is 3.44. The van der Waals surface area contributed by atoms with Crippen LogP contribution in [-0.2, 0) is 11.9 Å². The normalized spacial score (nSPS) is 12.6. The molecule has 8 nitrogen and oxygen atoms in total. The van der Waals surface area contributed by atoms with Crippen LogP contribution in [0.25, 0.3) is 11.0 Å². The van der Waals surface area contributed by atoms with Gasteiger partial charge in [-0.25, -0.2) is 10.5 Å². The van der Waals surface area contributed by atoms with Gasteiger partial charge in [0.05, 0.1) is 12.2 Å². The largest absolute Gasteiger partial charge is 0.394 e. The average Bonchev–Trinajstić information content (AvgIpc) is 2.71. The molecule has 1 amide bonds. The minimum Gasteiger partial charge on any atom is -0.394 e. The quantitative estimate of drug-likeness (QED) is 0.530. The van der Waals surface area contributed by atoms with Crippen LogP contribution in [0.4, 0.5) is 5.82 Å². The van der Waals surface area contributed by atoms with Crippen molar-refractivity contribution in [2.45, 2.75) is 6.10 Å². The summed E-state index contributed by atoms with van der Waals surface area (Å²) in [7, 11) is 1.71. The number of nitrogens with zero attached hydrogens (tertiary/aromatic N) is 2. The van der Waals surface area contributed by atoms with E-state index in [1.54, 1.807) is 29.9 Å². The lowest BCUT2D eigenvalue weighted by atomic mass is 10.2. The molecule has 0 saturated heterocycles. The van der Waals surface area contributed by atoms with E-state index in [-0.39, 0.29) is 18.0 Å². The first kappa shape index (κ1) is 14.3. The molecular weight excluding hydrogens is 264 g/mol. The van der Waals surface area contributed by atoms with Gasteiger partial charge in [0.25, 0.3) is 5.91 Å². The van der Waals surface area contributed by atoms with Gasteiger partial charge in [-0.2, -0.15) is 0 Å². The number of aliphatic hydroxyl groups excluding tert-OH is 2. The first-order valence-corrected chi connectivity index (χ1v) is 5.96. The van der Waals surface area contributed by atoms with Gasteiger partial charge in [-0.1, -0.05) is 0 Å². The number of hydroxylamine groups is 1. The van der Waals surface area contributed by atoms with Crippen LogP contribution in [0.15, 0.2) is 18.3 Å². The van der Waals surface area contributed by atoms with Gasteiger partial charge in [0.15, 0.2) is 0 Å². The third kappa shape index (κ3) is 2.57. The number of anilines is 1. The molecule has 2 heterocycles. The number of nitrogens with two attached hydrogens (primary N) is 1. The molecule has 20 heavy (non-hydrogen) atoms. The molecule has 0 bridgehead atoms. The van der Waals surface area contributed by atoms with Gasteiger partial charge < -0.3 is 20.5 Å². The van der Waals surface area contributed by atoms with Gasteiger partial charge in [0.2, 0.25) is 0 Å². The summed E-state index contributed by atoms with van der Waals surface area (Å²) in [6.45, 7) is -0.665. The molecule has 2 aromatic heterocycles. The Balaban J connectivity index is 2.20. The molecule has 0 fully saturated rings. The van der Waals surface area contributed by atoms with Crippen molar-refractivity contribution in [3.63, 3.8) is 0 Å². The maximum Gasteiger partial charge on any atom is 0.279 e. The molecule has 5 N–H and O–H groups in total. The highest BCUT2D eigenvalue weighted by Crippen LogP contribution is 2.25. The lowest BCUT2D eigenvalue weighted by molar-refractivity contribution is -0.0294. The number of pyridine rings is 1. The van der Waals surface area contributed by atoms with Crippen LogP contribution >= 0.6 is 0 Å². The van der Waals surface area contributed by atoms with E-state index in [0.29, 0.717) is 11.0 Å². The summed E-state index contributed by atoms with van der Waals surface area (Å²) < 4.78 is 1.60. The van der Waals surface area contributed by atoms with Crippen LogP contribution in [0, 0.1) is 0 Å². The van der Waals surface area contributed by atoms with Crippen molar-refractivity contribution in [2.75, 3.05) is 18.9 Å². The van der Waals surface area contributed by atoms with Crippen molar-refractivity contribution in [3.8, 4) is 0 Å². The predicted molar refractivity (Wildman–Crippen MR) is 71.6 cm³/mol. The number of hydrogen-bond acceptors (Lipinski definition) is 6. The fourth-order valence-corrected chi connectivity index (χ4v) is 1.82. The van der Waals surface area contributed by atoms with Crippen LogP contribution in [0.1, 0.15) is 10.4 Å². The Morgan fingerprint density at radius 2 is 2.40 bits per heavy atom. The smallest absolute Gasteiger partial charge is 0.279 e. The first-order valence-electron chi connectivity index (χ1n) is 5.96. The van der Waals surface area contributed by atoms with E-state index in [0.717, 1.165) is 0 Å². The Morgan fingerprint density at radius 3 is 3.10 bits per heavy atom. The molecule has 8 heteroatoms. The maximum absolute atomic E-state index is 12.1. The zero-order valence-electron chi connectivity index (χ0n) is 10.9. The summed E-state index contributed by atoms with van der Waals surface area (Å²) in [5, 5.41) is 18.3. The second-order valence-electron chi connectivity index (χ2n) is 4.27. The highest BCUT2D eigenvalue weighted by Gasteiger charge is 2.20. The summed E-state index contributed by atoms with van der Waals surface area (Å²) in [4.78, 5) is 21.0. The van der Waals surface area contributed by atoms with E-state index in [1.165, 1.54) is 0 Å². The zero-order chi connectivity index (χ0) is 14.7. The van der Waals surface area contributed by atoms with Gasteiger partial charge in [0.1, 0.15) is 24.2 Å². The molecule has 1 unspecified atom stereocenters. The minimum atomic E-state index is -1.05. The Kier molecular flexibility index (Phi) is 4.18. The van der Waals surface area contributed by atoms with Crippen molar-refractivity contribution in [3.05, 3.63) is 23.9 Å². The number of aliphatic hydroxyl groups is 2.